The Morgan fingerprint density at radius 2 is 2.10 bits per heavy atom. The zero-order valence-corrected chi connectivity index (χ0v) is 13.6. The molecular formula is C17H29N3. The quantitative estimate of drug-likeness (QED) is 0.912. The van der Waals surface area contributed by atoms with E-state index in [4.69, 9.17) is 0 Å². The molecule has 0 saturated carbocycles. The van der Waals surface area contributed by atoms with Gasteiger partial charge in [0.2, 0.25) is 0 Å². The lowest BCUT2D eigenvalue weighted by atomic mass is 9.85. The summed E-state index contributed by atoms with van der Waals surface area (Å²) in [5.74, 6) is 1.50. The predicted molar refractivity (Wildman–Crippen MR) is 86.0 cm³/mol. The standard InChI is InChI=1S/C17H29N3/c1-12(2)19-9-16-6-7-18-10-17(16)20-11-13(3)8-14(4)15(20)5/h6-7,10,12-15,19H,8-9,11H2,1-5H3. The van der Waals surface area contributed by atoms with Crippen LogP contribution in [0.5, 0.6) is 0 Å². The van der Waals surface area contributed by atoms with E-state index >= 15 is 0 Å². The largest absolute Gasteiger partial charge is 0.367 e. The van der Waals surface area contributed by atoms with Crippen molar-refractivity contribution in [3.05, 3.63) is 24.0 Å². The molecule has 1 N–H and O–H groups in total. The van der Waals surface area contributed by atoms with Crippen LogP contribution >= 0.6 is 0 Å². The minimum Gasteiger partial charge on any atom is -0.367 e. The second kappa shape index (κ2) is 6.57. The van der Waals surface area contributed by atoms with Crippen molar-refractivity contribution in [2.24, 2.45) is 11.8 Å². The number of nitrogens with one attached hydrogen (secondary N) is 1. The third-order valence-electron chi connectivity index (χ3n) is 4.50. The summed E-state index contributed by atoms with van der Waals surface area (Å²) in [6.45, 7) is 13.5. The van der Waals surface area contributed by atoms with E-state index in [-0.39, 0.29) is 0 Å². The van der Waals surface area contributed by atoms with Gasteiger partial charge >= 0.3 is 0 Å². The van der Waals surface area contributed by atoms with E-state index in [1.807, 2.05) is 12.4 Å². The predicted octanol–water partition coefficient (Wildman–Crippen LogP) is 3.45. The van der Waals surface area contributed by atoms with E-state index in [2.05, 4.69) is 55.9 Å². The van der Waals surface area contributed by atoms with Crippen molar-refractivity contribution in [1.29, 1.82) is 0 Å². The number of rotatable bonds is 4. The average molecular weight is 275 g/mol. The summed E-state index contributed by atoms with van der Waals surface area (Å²) < 4.78 is 0. The molecule has 3 heteroatoms. The van der Waals surface area contributed by atoms with E-state index < -0.39 is 0 Å². The molecule has 1 aromatic rings. The van der Waals surface area contributed by atoms with Gasteiger partial charge in [0.1, 0.15) is 0 Å². The molecule has 20 heavy (non-hydrogen) atoms. The monoisotopic (exact) mass is 275 g/mol. The Morgan fingerprint density at radius 3 is 2.80 bits per heavy atom. The normalized spacial score (nSPS) is 27.1. The van der Waals surface area contributed by atoms with Crippen LogP contribution in [0.1, 0.15) is 46.6 Å². The molecule has 2 heterocycles. The van der Waals surface area contributed by atoms with Gasteiger partial charge < -0.3 is 10.2 Å². The number of piperidine rings is 1. The third kappa shape index (κ3) is 3.51. The minimum absolute atomic E-state index is 0.507. The summed E-state index contributed by atoms with van der Waals surface area (Å²) in [6.07, 6.45) is 5.28. The molecule has 0 spiro atoms. The number of hydrogen-bond acceptors (Lipinski definition) is 3. The lowest BCUT2D eigenvalue weighted by Gasteiger charge is -2.43. The lowest BCUT2D eigenvalue weighted by Crippen LogP contribution is -2.46. The first-order valence-electron chi connectivity index (χ1n) is 7.92. The molecule has 0 aromatic carbocycles. The van der Waals surface area contributed by atoms with Gasteiger partial charge in [0.05, 0.1) is 11.9 Å². The highest BCUT2D eigenvalue weighted by Gasteiger charge is 2.29. The van der Waals surface area contributed by atoms with Crippen LogP contribution < -0.4 is 10.2 Å². The van der Waals surface area contributed by atoms with Crippen LogP contribution in [0.25, 0.3) is 0 Å². The zero-order valence-electron chi connectivity index (χ0n) is 13.6. The maximum atomic E-state index is 4.36. The molecule has 3 unspecified atom stereocenters. The van der Waals surface area contributed by atoms with Crippen molar-refractivity contribution in [3.8, 4) is 0 Å². The summed E-state index contributed by atoms with van der Waals surface area (Å²) in [4.78, 5) is 6.92. The molecule has 2 rings (SSSR count). The highest BCUT2D eigenvalue weighted by molar-refractivity contribution is 5.53. The van der Waals surface area contributed by atoms with Gasteiger partial charge in [-0.3, -0.25) is 4.98 Å². The Hall–Kier alpha value is -1.09. The Morgan fingerprint density at radius 1 is 1.35 bits per heavy atom. The van der Waals surface area contributed by atoms with Crippen molar-refractivity contribution in [1.82, 2.24) is 10.3 Å². The van der Waals surface area contributed by atoms with Crippen LogP contribution in [0, 0.1) is 11.8 Å². The van der Waals surface area contributed by atoms with Crippen molar-refractivity contribution in [3.63, 3.8) is 0 Å². The average Bonchev–Trinajstić information content (AvgIpc) is 2.41. The van der Waals surface area contributed by atoms with Gasteiger partial charge in [-0.1, -0.05) is 27.7 Å². The van der Waals surface area contributed by atoms with Crippen LogP contribution in [0.3, 0.4) is 0 Å². The van der Waals surface area contributed by atoms with Gasteiger partial charge in [0, 0.05) is 31.4 Å². The Labute approximate surface area is 123 Å². The molecule has 1 aliphatic heterocycles. The first-order valence-corrected chi connectivity index (χ1v) is 7.92. The van der Waals surface area contributed by atoms with Crippen LogP contribution in [-0.2, 0) is 6.54 Å². The fourth-order valence-corrected chi connectivity index (χ4v) is 3.17. The Balaban J connectivity index is 2.22. The van der Waals surface area contributed by atoms with E-state index in [1.165, 1.54) is 17.7 Å². The fraction of sp³-hybridized carbons (Fsp3) is 0.706. The molecule has 0 amide bonds. The molecular weight excluding hydrogens is 246 g/mol. The van der Waals surface area contributed by atoms with Crippen molar-refractivity contribution < 1.29 is 0 Å². The maximum absolute atomic E-state index is 4.36. The SMILES string of the molecule is CC1CC(C)C(C)N(c2cnccc2CNC(C)C)C1. The first kappa shape index (κ1) is 15.3. The van der Waals surface area contributed by atoms with Crippen LogP contribution in [0.4, 0.5) is 5.69 Å². The molecule has 0 aliphatic carbocycles. The van der Waals surface area contributed by atoms with E-state index in [0.29, 0.717) is 12.1 Å². The molecule has 112 valence electrons. The summed E-state index contributed by atoms with van der Waals surface area (Å²) in [5.41, 5.74) is 2.67. The van der Waals surface area contributed by atoms with E-state index in [1.54, 1.807) is 0 Å². The minimum atomic E-state index is 0.507. The number of pyridine rings is 1. The Bertz CT molecular complexity index is 430. The maximum Gasteiger partial charge on any atom is 0.0600 e. The number of aromatic nitrogens is 1. The Kier molecular flexibility index (Phi) is 5.03. The van der Waals surface area contributed by atoms with Crippen LogP contribution in [0.2, 0.25) is 0 Å². The first-order chi connectivity index (χ1) is 9.49. The van der Waals surface area contributed by atoms with E-state index in [0.717, 1.165) is 24.9 Å². The molecule has 1 aliphatic rings. The highest BCUT2D eigenvalue weighted by Crippen LogP contribution is 2.32. The zero-order chi connectivity index (χ0) is 14.7. The summed E-state index contributed by atoms with van der Waals surface area (Å²) in [7, 11) is 0. The van der Waals surface area contributed by atoms with Gasteiger partial charge in [0.15, 0.2) is 0 Å². The van der Waals surface area contributed by atoms with Crippen molar-refractivity contribution >= 4 is 5.69 Å². The molecule has 0 radical (unpaired) electrons. The molecule has 1 saturated heterocycles. The van der Waals surface area contributed by atoms with Crippen LogP contribution in [0.15, 0.2) is 18.5 Å². The van der Waals surface area contributed by atoms with E-state index in [9.17, 15) is 0 Å². The second-order valence-electron chi connectivity index (χ2n) is 6.75. The number of nitrogens with zero attached hydrogens (tertiary/aromatic N) is 2. The molecule has 3 atom stereocenters. The lowest BCUT2D eigenvalue weighted by molar-refractivity contribution is 0.296. The van der Waals surface area contributed by atoms with Gasteiger partial charge in [0.25, 0.3) is 0 Å². The fourth-order valence-electron chi connectivity index (χ4n) is 3.17. The highest BCUT2D eigenvalue weighted by atomic mass is 15.2. The molecule has 1 aromatic heterocycles. The topological polar surface area (TPSA) is 28.2 Å². The summed E-state index contributed by atoms with van der Waals surface area (Å²) in [5, 5.41) is 3.52. The number of anilines is 1. The molecule has 3 nitrogen and oxygen atoms in total. The molecule has 0 bridgehead atoms. The number of hydrogen-bond donors (Lipinski definition) is 1. The summed E-state index contributed by atoms with van der Waals surface area (Å²) in [6, 6.07) is 3.25. The van der Waals surface area contributed by atoms with Gasteiger partial charge in [-0.25, -0.2) is 0 Å². The second-order valence-corrected chi connectivity index (χ2v) is 6.75. The van der Waals surface area contributed by atoms with Gasteiger partial charge in [-0.2, -0.15) is 0 Å². The smallest absolute Gasteiger partial charge is 0.0600 e. The third-order valence-corrected chi connectivity index (χ3v) is 4.50. The van der Waals surface area contributed by atoms with Crippen LogP contribution in [-0.4, -0.2) is 23.6 Å². The van der Waals surface area contributed by atoms with Gasteiger partial charge in [-0.05, 0) is 36.8 Å². The van der Waals surface area contributed by atoms with Crippen molar-refractivity contribution in [2.45, 2.75) is 59.7 Å². The van der Waals surface area contributed by atoms with Gasteiger partial charge in [-0.15, -0.1) is 0 Å². The molecule has 1 fully saturated rings. The van der Waals surface area contributed by atoms with Crippen molar-refractivity contribution in [2.75, 3.05) is 11.4 Å². The summed E-state index contributed by atoms with van der Waals surface area (Å²) >= 11 is 0.